The molecule has 7 heteroatoms. The average molecular weight is 523 g/mol. The van der Waals surface area contributed by atoms with Gasteiger partial charge in [-0.05, 0) is 80.7 Å². The Morgan fingerprint density at radius 2 is 1.76 bits per heavy atom. The van der Waals surface area contributed by atoms with Crippen molar-refractivity contribution in [3.63, 3.8) is 0 Å². The van der Waals surface area contributed by atoms with E-state index in [2.05, 4.69) is 18.7 Å². The van der Waals surface area contributed by atoms with E-state index in [1.807, 2.05) is 71.0 Å². The molecule has 1 saturated heterocycles. The van der Waals surface area contributed by atoms with Gasteiger partial charge in [-0.15, -0.1) is 0 Å². The lowest BCUT2D eigenvalue weighted by Crippen LogP contribution is -2.38. The lowest BCUT2D eigenvalue weighted by molar-refractivity contribution is -0.140. The van der Waals surface area contributed by atoms with Crippen LogP contribution in [-0.2, 0) is 9.59 Å². The van der Waals surface area contributed by atoms with E-state index in [9.17, 15) is 14.7 Å². The van der Waals surface area contributed by atoms with E-state index in [1.54, 1.807) is 12.0 Å². The topological polar surface area (TPSA) is 79.3 Å². The maximum Gasteiger partial charge on any atom is 0.295 e. The maximum absolute atomic E-state index is 13.5. The van der Waals surface area contributed by atoms with Crippen LogP contribution in [0.3, 0.4) is 0 Å². The first-order valence-corrected chi connectivity index (χ1v) is 13.5. The summed E-state index contributed by atoms with van der Waals surface area (Å²) in [5.74, 6) is 0.0567. The molecule has 0 aliphatic carbocycles. The van der Waals surface area contributed by atoms with Gasteiger partial charge in [0.1, 0.15) is 17.3 Å². The van der Waals surface area contributed by atoms with Gasteiger partial charge in [-0.25, -0.2) is 0 Å². The SMILES string of the molecule is CCN(CC)CCN1C(=O)C(=O)/C(=C(/O)c2cc(C(C)C)c(OC)cc2C)C1c1cccc(OC(C)C)c1. The second kappa shape index (κ2) is 12.5. The lowest BCUT2D eigenvalue weighted by Gasteiger charge is -2.28. The number of methoxy groups -OCH3 is 1. The van der Waals surface area contributed by atoms with Gasteiger partial charge in [0.25, 0.3) is 11.7 Å². The number of likely N-dealkylation sites (tertiary alicyclic amines) is 1. The Balaban J connectivity index is 2.22. The molecule has 0 spiro atoms. The third-order valence-corrected chi connectivity index (χ3v) is 7.09. The van der Waals surface area contributed by atoms with Crippen LogP contribution < -0.4 is 9.47 Å². The lowest BCUT2D eigenvalue weighted by atomic mass is 9.91. The van der Waals surface area contributed by atoms with Crippen LogP contribution in [0.5, 0.6) is 11.5 Å². The number of amides is 1. The van der Waals surface area contributed by atoms with E-state index in [0.29, 0.717) is 24.4 Å². The molecule has 2 aromatic rings. The highest BCUT2D eigenvalue weighted by Gasteiger charge is 2.46. The molecule has 1 aliphatic heterocycles. The van der Waals surface area contributed by atoms with Gasteiger partial charge in [0.2, 0.25) is 0 Å². The number of nitrogens with zero attached hydrogens (tertiary/aromatic N) is 2. The highest BCUT2D eigenvalue weighted by Crippen LogP contribution is 2.42. The summed E-state index contributed by atoms with van der Waals surface area (Å²) >= 11 is 0. The molecule has 7 nitrogen and oxygen atoms in total. The predicted molar refractivity (Wildman–Crippen MR) is 151 cm³/mol. The van der Waals surface area contributed by atoms with Gasteiger partial charge in [0.15, 0.2) is 0 Å². The molecule has 38 heavy (non-hydrogen) atoms. The fourth-order valence-electron chi connectivity index (χ4n) is 5.00. The van der Waals surface area contributed by atoms with Gasteiger partial charge in [-0.1, -0.05) is 39.8 Å². The van der Waals surface area contributed by atoms with Crippen LogP contribution in [0.4, 0.5) is 0 Å². The van der Waals surface area contributed by atoms with Crippen LogP contribution >= 0.6 is 0 Å². The second-order valence-electron chi connectivity index (χ2n) is 10.3. The van der Waals surface area contributed by atoms with Crippen LogP contribution in [0.25, 0.3) is 5.76 Å². The van der Waals surface area contributed by atoms with Crippen molar-refractivity contribution in [1.82, 2.24) is 9.80 Å². The van der Waals surface area contributed by atoms with Gasteiger partial charge >= 0.3 is 0 Å². The van der Waals surface area contributed by atoms with E-state index >= 15 is 0 Å². The molecule has 1 fully saturated rings. The molecule has 1 atom stereocenters. The van der Waals surface area contributed by atoms with Crippen molar-refractivity contribution >= 4 is 17.4 Å². The molecule has 0 bridgehead atoms. The van der Waals surface area contributed by atoms with E-state index in [-0.39, 0.29) is 23.4 Å². The number of benzene rings is 2. The number of aliphatic hydroxyl groups is 1. The summed E-state index contributed by atoms with van der Waals surface area (Å²) in [6, 6.07) is 10.4. The van der Waals surface area contributed by atoms with Gasteiger partial charge in [0.05, 0.1) is 24.8 Å². The van der Waals surface area contributed by atoms with E-state index in [1.165, 1.54) is 0 Å². The second-order valence-corrected chi connectivity index (χ2v) is 10.3. The van der Waals surface area contributed by atoms with Crippen molar-refractivity contribution in [2.45, 2.75) is 66.5 Å². The number of Topliss-reactive ketones (excluding diaryl/α,β-unsaturated/α-hetero) is 1. The summed E-state index contributed by atoms with van der Waals surface area (Å²) in [5, 5.41) is 11.7. The van der Waals surface area contributed by atoms with Gasteiger partial charge in [-0.2, -0.15) is 0 Å². The Hall–Kier alpha value is -3.32. The summed E-state index contributed by atoms with van der Waals surface area (Å²) in [6.07, 6.45) is -0.0318. The first kappa shape index (κ1) is 29.2. The predicted octanol–water partition coefficient (Wildman–Crippen LogP) is 5.68. The Morgan fingerprint density at radius 1 is 1.08 bits per heavy atom. The van der Waals surface area contributed by atoms with Crippen molar-refractivity contribution in [3.05, 3.63) is 64.2 Å². The van der Waals surface area contributed by atoms with Crippen LogP contribution in [0, 0.1) is 6.92 Å². The minimum atomic E-state index is -0.731. The molecule has 1 N–H and O–H groups in total. The Kier molecular flexibility index (Phi) is 9.60. The largest absolute Gasteiger partial charge is 0.507 e. The zero-order valence-electron chi connectivity index (χ0n) is 24.0. The Morgan fingerprint density at radius 3 is 2.34 bits per heavy atom. The highest BCUT2D eigenvalue weighted by atomic mass is 16.5. The fraction of sp³-hybridized carbons (Fsp3) is 0.484. The number of aliphatic hydroxyl groups excluding tert-OH is 1. The number of rotatable bonds is 11. The average Bonchev–Trinajstić information content (AvgIpc) is 3.13. The zero-order chi connectivity index (χ0) is 28.1. The number of likely N-dealkylation sites (N-methyl/N-ethyl adjacent to an activating group) is 1. The van der Waals surface area contributed by atoms with E-state index < -0.39 is 17.7 Å². The van der Waals surface area contributed by atoms with Crippen LogP contribution in [-0.4, -0.2) is 66.0 Å². The monoisotopic (exact) mass is 522 g/mol. The summed E-state index contributed by atoms with van der Waals surface area (Å²) in [4.78, 5) is 30.7. The number of carbonyl (C=O) groups is 2. The molecule has 3 rings (SSSR count). The molecule has 2 aromatic carbocycles. The number of hydrogen-bond acceptors (Lipinski definition) is 6. The highest BCUT2D eigenvalue weighted by molar-refractivity contribution is 6.46. The van der Waals surface area contributed by atoms with Crippen LogP contribution in [0.1, 0.15) is 75.8 Å². The van der Waals surface area contributed by atoms with Crippen LogP contribution in [0.15, 0.2) is 42.0 Å². The molecular formula is C31H42N2O5. The summed E-state index contributed by atoms with van der Waals surface area (Å²) in [7, 11) is 1.62. The molecule has 0 radical (unpaired) electrons. The minimum Gasteiger partial charge on any atom is -0.507 e. The van der Waals surface area contributed by atoms with Crippen molar-refractivity contribution < 1.29 is 24.2 Å². The molecule has 206 valence electrons. The number of carbonyl (C=O) groups excluding carboxylic acids is 2. The quantitative estimate of drug-likeness (QED) is 0.232. The van der Waals surface area contributed by atoms with Gasteiger partial charge in [0, 0.05) is 18.7 Å². The summed E-state index contributed by atoms with van der Waals surface area (Å²) in [5.41, 5.74) is 3.02. The number of ketones is 1. The Bertz CT molecular complexity index is 1200. The number of aryl methyl sites for hydroxylation is 1. The third-order valence-electron chi connectivity index (χ3n) is 7.09. The zero-order valence-corrected chi connectivity index (χ0v) is 24.0. The van der Waals surface area contributed by atoms with Gasteiger partial charge in [-0.3, -0.25) is 9.59 Å². The molecule has 0 aromatic heterocycles. The fourth-order valence-corrected chi connectivity index (χ4v) is 5.00. The number of hydrogen-bond donors (Lipinski definition) is 1. The third kappa shape index (κ3) is 6.04. The van der Waals surface area contributed by atoms with Gasteiger partial charge < -0.3 is 24.4 Å². The van der Waals surface area contributed by atoms with E-state index in [4.69, 9.17) is 9.47 Å². The smallest absolute Gasteiger partial charge is 0.295 e. The normalized spacial score (nSPS) is 17.2. The number of ether oxygens (including phenoxy) is 2. The molecular weight excluding hydrogens is 480 g/mol. The molecule has 1 unspecified atom stereocenters. The summed E-state index contributed by atoms with van der Waals surface area (Å²) in [6.45, 7) is 16.7. The standard InChI is InChI=1S/C31H42N2O5/c1-9-32(10-2)14-15-33-28(22-12-11-13-23(17-22)38-20(5)6)27(30(35)31(33)36)29(34)25-18-24(19(3)4)26(37-8)16-21(25)7/h11-13,16-20,28,34H,9-10,14-15H2,1-8H3/b29-27+. The van der Waals surface area contributed by atoms with E-state index in [0.717, 1.165) is 35.5 Å². The van der Waals surface area contributed by atoms with Crippen molar-refractivity contribution in [3.8, 4) is 11.5 Å². The first-order valence-electron chi connectivity index (χ1n) is 13.5. The maximum atomic E-state index is 13.5. The molecule has 1 aliphatic rings. The van der Waals surface area contributed by atoms with Crippen molar-refractivity contribution in [2.75, 3.05) is 33.3 Å². The van der Waals surface area contributed by atoms with Crippen LogP contribution in [0.2, 0.25) is 0 Å². The first-order chi connectivity index (χ1) is 18.0. The molecule has 0 saturated carbocycles. The molecule has 1 amide bonds. The minimum absolute atomic E-state index is 0.0318. The molecule has 1 heterocycles. The Labute approximate surface area is 227 Å². The van der Waals surface area contributed by atoms with Crippen molar-refractivity contribution in [2.24, 2.45) is 0 Å². The summed E-state index contributed by atoms with van der Waals surface area (Å²) < 4.78 is 11.5. The van der Waals surface area contributed by atoms with Crippen molar-refractivity contribution in [1.29, 1.82) is 0 Å².